The van der Waals surface area contributed by atoms with Crippen molar-refractivity contribution in [1.29, 1.82) is 0 Å². The van der Waals surface area contributed by atoms with Crippen molar-refractivity contribution >= 4 is 11.6 Å². The molecule has 2 rings (SSSR count). The number of nitrogens with one attached hydrogen (secondary N) is 1. The summed E-state index contributed by atoms with van der Waals surface area (Å²) >= 11 is 6.07. The molecule has 0 saturated heterocycles. The molecule has 1 atom stereocenters. The fourth-order valence-electron chi connectivity index (χ4n) is 2.10. The highest BCUT2D eigenvalue weighted by atomic mass is 35.5. The number of benzene rings is 1. The Morgan fingerprint density at radius 2 is 2.16 bits per heavy atom. The van der Waals surface area contributed by atoms with Gasteiger partial charge in [0.1, 0.15) is 11.5 Å². The van der Waals surface area contributed by atoms with Gasteiger partial charge >= 0.3 is 0 Å². The zero-order chi connectivity index (χ0) is 13.8. The molecule has 0 spiro atoms. The van der Waals surface area contributed by atoms with E-state index >= 15 is 0 Å². The Hall–Kier alpha value is -1.45. The van der Waals surface area contributed by atoms with E-state index in [1.54, 1.807) is 13.4 Å². The third-order valence-electron chi connectivity index (χ3n) is 3.08. The largest absolute Gasteiger partial charge is 0.495 e. The Kier molecular flexibility index (Phi) is 4.51. The molecule has 0 saturated carbocycles. The van der Waals surface area contributed by atoms with Gasteiger partial charge < -0.3 is 14.5 Å². The first kappa shape index (κ1) is 14.0. The lowest BCUT2D eigenvalue weighted by Gasteiger charge is -2.18. The van der Waals surface area contributed by atoms with Crippen molar-refractivity contribution in [1.82, 2.24) is 5.32 Å². The molecule has 1 aromatic heterocycles. The van der Waals surface area contributed by atoms with Gasteiger partial charge in [0.15, 0.2) is 0 Å². The summed E-state index contributed by atoms with van der Waals surface area (Å²) < 4.78 is 10.9. The van der Waals surface area contributed by atoms with Crippen molar-refractivity contribution in [2.45, 2.75) is 19.9 Å². The molecule has 0 fully saturated rings. The molecule has 1 unspecified atom stereocenters. The van der Waals surface area contributed by atoms with Crippen molar-refractivity contribution in [3.8, 4) is 5.75 Å². The van der Waals surface area contributed by atoms with Crippen molar-refractivity contribution in [3.05, 3.63) is 52.4 Å². The third-order valence-corrected chi connectivity index (χ3v) is 3.39. The summed E-state index contributed by atoms with van der Waals surface area (Å²) in [6, 6.07) is 7.74. The topological polar surface area (TPSA) is 34.4 Å². The molecule has 3 nitrogen and oxygen atoms in total. The smallest absolute Gasteiger partial charge is 0.137 e. The maximum Gasteiger partial charge on any atom is 0.137 e. The molecule has 1 N–H and O–H groups in total. The minimum atomic E-state index is 0.00571. The van der Waals surface area contributed by atoms with Crippen LogP contribution < -0.4 is 10.1 Å². The number of furan rings is 1. The Labute approximate surface area is 118 Å². The summed E-state index contributed by atoms with van der Waals surface area (Å²) in [7, 11) is 1.62. The van der Waals surface area contributed by atoms with Gasteiger partial charge in [-0.05, 0) is 42.8 Å². The molecule has 2 aromatic rings. The SMILES string of the molecule is CCNC(c1ccc(Cl)c(OC)c1)c1occc1C. The lowest BCUT2D eigenvalue weighted by Crippen LogP contribution is -2.22. The van der Waals surface area contributed by atoms with Crippen molar-refractivity contribution < 1.29 is 9.15 Å². The average Bonchev–Trinajstić information content (AvgIpc) is 2.83. The predicted octanol–water partition coefficient (Wildman–Crippen LogP) is 3.95. The van der Waals surface area contributed by atoms with E-state index in [9.17, 15) is 0 Å². The van der Waals surface area contributed by atoms with Gasteiger partial charge in [-0.25, -0.2) is 0 Å². The van der Waals surface area contributed by atoms with Crippen LogP contribution in [0.25, 0.3) is 0 Å². The quantitative estimate of drug-likeness (QED) is 0.900. The first-order chi connectivity index (χ1) is 9.17. The molecule has 4 heteroatoms. The molecular weight excluding hydrogens is 262 g/mol. The maximum absolute atomic E-state index is 6.07. The predicted molar refractivity (Wildman–Crippen MR) is 77.0 cm³/mol. The summed E-state index contributed by atoms with van der Waals surface area (Å²) in [5.41, 5.74) is 2.20. The second-order valence-electron chi connectivity index (χ2n) is 4.35. The number of ether oxygens (including phenoxy) is 1. The summed E-state index contributed by atoms with van der Waals surface area (Å²) in [6.07, 6.45) is 1.71. The van der Waals surface area contributed by atoms with E-state index in [4.69, 9.17) is 20.8 Å². The van der Waals surface area contributed by atoms with Gasteiger partial charge in [0.25, 0.3) is 0 Å². The molecular formula is C15H18ClNO2. The molecule has 0 radical (unpaired) electrons. The molecule has 0 aliphatic rings. The number of methoxy groups -OCH3 is 1. The number of rotatable bonds is 5. The minimum Gasteiger partial charge on any atom is -0.495 e. The highest BCUT2D eigenvalue weighted by Gasteiger charge is 2.19. The molecule has 102 valence electrons. The fraction of sp³-hybridized carbons (Fsp3) is 0.333. The van der Waals surface area contributed by atoms with Gasteiger partial charge in [-0.3, -0.25) is 0 Å². The van der Waals surface area contributed by atoms with Crippen molar-refractivity contribution in [3.63, 3.8) is 0 Å². The van der Waals surface area contributed by atoms with Crippen LogP contribution in [0.15, 0.2) is 34.9 Å². The van der Waals surface area contributed by atoms with Crippen LogP contribution in [0.5, 0.6) is 5.75 Å². The maximum atomic E-state index is 6.07. The number of hydrogen-bond acceptors (Lipinski definition) is 3. The summed E-state index contributed by atoms with van der Waals surface area (Å²) in [5, 5.41) is 4.03. The molecule has 0 aliphatic carbocycles. The number of hydrogen-bond donors (Lipinski definition) is 1. The van der Waals surface area contributed by atoms with E-state index in [0.717, 1.165) is 23.4 Å². The van der Waals surface area contributed by atoms with Crippen LogP contribution in [0.4, 0.5) is 0 Å². The minimum absolute atomic E-state index is 0.00571. The monoisotopic (exact) mass is 279 g/mol. The van der Waals surface area contributed by atoms with Crippen LogP contribution in [-0.4, -0.2) is 13.7 Å². The van der Waals surface area contributed by atoms with Crippen LogP contribution in [0.2, 0.25) is 5.02 Å². The van der Waals surface area contributed by atoms with Crippen LogP contribution in [0.3, 0.4) is 0 Å². The Morgan fingerprint density at radius 3 is 2.74 bits per heavy atom. The number of aryl methyl sites for hydroxylation is 1. The van der Waals surface area contributed by atoms with E-state index in [-0.39, 0.29) is 6.04 Å². The molecule has 1 aromatic carbocycles. The molecule has 0 amide bonds. The second-order valence-corrected chi connectivity index (χ2v) is 4.76. The van der Waals surface area contributed by atoms with Gasteiger partial charge in [0, 0.05) is 0 Å². The van der Waals surface area contributed by atoms with Gasteiger partial charge in [-0.1, -0.05) is 24.6 Å². The van der Waals surface area contributed by atoms with Crippen LogP contribution >= 0.6 is 11.6 Å². The fourth-order valence-corrected chi connectivity index (χ4v) is 2.30. The van der Waals surface area contributed by atoms with Crippen LogP contribution in [0.1, 0.15) is 29.9 Å². The second kappa shape index (κ2) is 6.13. The number of halogens is 1. The molecule has 0 bridgehead atoms. The van der Waals surface area contributed by atoms with Gasteiger partial charge in [-0.15, -0.1) is 0 Å². The molecule has 0 aliphatic heterocycles. The Balaban J connectivity index is 2.42. The third kappa shape index (κ3) is 2.94. The van der Waals surface area contributed by atoms with Crippen LogP contribution in [-0.2, 0) is 0 Å². The first-order valence-corrected chi connectivity index (χ1v) is 6.66. The van der Waals surface area contributed by atoms with Gasteiger partial charge in [-0.2, -0.15) is 0 Å². The standard InChI is InChI=1S/C15H18ClNO2/c1-4-17-14(15-10(2)7-8-19-15)11-5-6-12(16)13(9-11)18-3/h5-9,14,17H,4H2,1-3H3. The zero-order valence-corrected chi connectivity index (χ0v) is 12.1. The van der Waals surface area contributed by atoms with Crippen molar-refractivity contribution in [2.24, 2.45) is 0 Å². The Bertz CT molecular complexity index is 551. The summed E-state index contributed by atoms with van der Waals surface area (Å²) in [6.45, 7) is 4.95. The summed E-state index contributed by atoms with van der Waals surface area (Å²) in [5.74, 6) is 1.59. The highest BCUT2D eigenvalue weighted by Crippen LogP contribution is 2.31. The van der Waals surface area contributed by atoms with Crippen LogP contribution in [0, 0.1) is 6.92 Å². The zero-order valence-electron chi connectivity index (χ0n) is 11.4. The average molecular weight is 280 g/mol. The lowest BCUT2D eigenvalue weighted by molar-refractivity contribution is 0.411. The first-order valence-electron chi connectivity index (χ1n) is 6.28. The normalized spacial score (nSPS) is 12.4. The van der Waals surface area contributed by atoms with Gasteiger partial charge in [0.2, 0.25) is 0 Å². The lowest BCUT2D eigenvalue weighted by atomic mass is 10.0. The van der Waals surface area contributed by atoms with Crippen molar-refractivity contribution in [2.75, 3.05) is 13.7 Å². The summed E-state index contributed by atoms with van der Waals surface area (Å²) in [4.78, 5) is 0. The molecule has 19 heavy (non-hydrogen) atoms. The Morgan fingerprint density at radius 1 is 1.37 bits per heavy atom. The van der Waals surface area contributed by atoms with E-state index in [0.29, 0.717) is 10.8 Å². The van der Waals surface area contributed by atoms with E-state index in [1.165, 1.54) is 0 Å². The molecule has 1 heterocycles. The van der Waals surface area contributed by atoms with E-state index < -0.39 is 0 Å². The van der Waals surface area contributed by atoms with Gasteiger partial charge in [0.05, 0.1) is 24.4 Å². The van der Waals surface area contributed by atoms with E-state index in [2.05, 4.69) is 12.2 Å². The van der Waals surface area contributed by atoms with E-state index in [1.807, 2.05) is 31.2 Å². The highest BCUT2D eigenvalue weighted by molar-refractivity contribution is 6.32.